The van der Waals surface area contributed by atoms with E-state index in [1.807, 2.05) is 30.5 Å². The second kappa shape index (κ2) is 4.60. The van der Waals surface area contributed by atoms with E-state index in [0.29, 0.717) is 0 Å². The number of hydrogen-bond acceptors (Lipinski definition) is 2. The van der Waals surface area contributed by atoms with Crippen LogP contribution in [0.15, 0.2) is 55.3 Å². The molecule has 1 aromatic heterocycles. The average Bonchev–Trinajstić information content (AvgIpc) is 2.31. The van der Waals surface area contributed by atoms with Crippen LogP contribution in [0.1, 0.15) is 5.69 Å². The van der Waals surface area contributed by atoms with Crippen LogP contribution in [0.3, 0.4) is 0 Å². The Hall–Kier alpha value is -1.83. The van der Waals surface area contributed by atoms with Crippen molar-refractivity contribution in [2.24, 2.45) is 0 Å². The number of nitrogens with zero attached hydrogens (tertiary/aromatic N) is 2. The third-order valence-corrected chi connectivity index (χ3v) is 2.33. The summed E-state index contributed by atoms with van der Waals surface area (Å²) in [7, 11) is 0. The highest BCUT2D eigenvalue weighted by atomic mass is 15.1. The first-order chi connectivity index (χ1) is 7.42. The van der Waals surface area contributed by atoms with Gasteiger partial charge in [0.05, 0.1) is 11.4 Å². The molecule has 0 saturated carbocycles. The van der Waals surface area contributed by atoms with Crippen molar-refractivity contribution in [2.75, 3.05) is 13.1 Å². The zero-order chi connectivity index (χ0) is 10.5. The van der Waals surface area contributed by atoms with Gasteiger partial charge < -0.3 is 4.90 Å². The number of aromatic nitrogens is 1. The van der Waals surface area contributed by atoms with Crippen LogP contribution < -0.4 is 0 Å². The summed E-state index contributed by atoms with van der Waals surface area (Å²) in [6, 6.07) is 5.97. The minimum Gasteiger partial charge on any atom is -0.362 e. The van der Waals surface area contributed by atoms with Gasteiger partial charge in [-0.05, 0) is 18.2 Å². The highest BCUT2D eigenvalue weighted by Gasteiger charge is 2.11. The Morgan fingerprint density at radius 2 is 2.40 bits per heavy atom. The van der Waals surface area contributed by atoms with Gasteiger partial charge in [0.2, 0.25) is 0 Å². The van der Waals surface area contributed by atoms with Crippen LogP contribution in [0.25, 0.3) is 5.70 Å². The number of hydrogen-bond donors (Lipinski definition) is 0. The molecule has 2 nitrogen and oxygen atoms in total. The summed E-state index contributed by atoms with van der Waals surface area (Å²) in [5.74, 6) is 0. The zero-order valence-corrected chi connectivity index (χ0v) is 8.63. The summed E-state index contributed by atoms with van der Waals surface area (Å²) in [6.45, 7) is 5.55. The fourth-order valence-corrected chi connectivity index (χ4v) is 1.64. The van der Waals surface area contributed by atoms with E-state index in [9.17, 15) is 0 Å². The second-order valence-electron chi connectivity index (χ2n) is 3.39. The lowest BCUT2D eigenvalue weighted by Gasteiger charge is -2.26. The molecule has 0 atom stereocenters. The Kier molecular flexibility index (Phi) is 2.98. The lowest BCUT2D eigenvalue weighted by molar-refractivity contribution is 0.481. The molecule has 0 fully saturated rings. The van der Waals surface area contributed by atoms with Crippen molar-refractivity contribution in [1.29, 1.82) is 0 Å². The molecule has 1 aliphatic heterocycles. The summed E-state index contributed by atoms with van der Waals surface area (Å²) in [5, 5.41) is 0. The molecule has 0 N–H and O–H groups in total. The fraction of sp³-hybridized carbons (Fsp3) is 0.154. The monoisotopic (exact) mass is 198 g/mol. The van der Waals surface area contributed by atoms with Crippen LogP contribution in [0.4, 0.5) is 0 Å². The van der Waals surface area contributed by atoms with E-state index in [-0.39, 0.29) is 0 Å². The molecule has 2 rings (SSSR count). The third-order valence-electron chi connectivity index (χ3n) is 2.33. The van der Waals surface area contributed by atoms with Gasteiger partial charge in [-0.15, -0.1) is 6.58 Å². The second-order valence-corrected chi connectivity index (χ2v) is 3.39. The largest absolute Gasteiger partial charge is 0.362 e. The number of pyridine rings is 1. The standard InChI is InChI=1S/C13H14N2/c1-2-10-15-11-6-4-8-13(15)12-7-3-5-9-14-12/h2-9H,1,10-11H2. The third kappa shape index (κ3) is 2.15. The quantitative estimate of drug-likeness (QED) is 0.694. The van der Waals surface area contributed by atoms with Crippen LogP contribution in [0, 0.1) is 0 Å². The van der Waals surface area contributed by atoms with E-state index >= 15 is 0 Å². The predicted octanol–water partition coefficient (Wildman–Crippen LogP) is 2.48. The van der Waals surface area contributed by atoms with Crippen molar-refractivity contribution < 1.29 is 0 Å². The summed E-state index contributed by atoms with van der Waals surface area (Å²) < 4.78 is 0. The van der Waals surface area contributed by atoms with Gasteiger partial charge in [0, 0.05) is 19.3 Å². The average molecular weight is 198 g/mol. The molecule has 0 amide bonds. The lowest BCUT2D eigenvalue weighted by Crippen LogP contribution is -2.24. The molecular formula is C13H14N2. The summed E-state index contributed by atoms with van der Waals surface area (Å²) in [5.41, 5.74) is 2.18. The maximum Gasteiger partial charge on any atom is 0.0863 e. The maximum atomic E-state index is 4.36. The predicted molar refractivity (Wildman–Crippen MR) is 63.1 cm³/mol. The molecule has 0 saturated heterocycles. The molecule has 0 bridgehead atoms. The molecule has 2 heteroatoms. The van der Waals surface area contributed by atoms with Crippen molar-refractivity contribution in [1.82, 2.24) is 9.88 Å². The van der Waals surface area contributed by atoms with E-state index in [1.165, 1.54) is 0 Å². The summed E-state index contributed by atoms with van der Waals surface area (Å²) in [4.78, 5) is 6.60. The minimum absolute atomic E-state index is 0.854. The van der Waals surface area contributed by atoms with Gasteiger partial charge in [0.25, 0.3) is 0 Å². The lowest BCUT2D eigenvalue weighted by atomic mass is 10.2. The van der Waals surface area contributed by atoms with Crippen molar-refractivity contribution in [2.45, 2.75) is 0 Å². The first kappa shape index (κ1) is 9.71. The van der Waals surface area contributed by atoms with Crippen molar-refractivity contribution in [3.05, 3.63) is 61.0 Å². The molecule has 1 aromatic rings. The molecule has 0 aliphatic carbocycles. The maximum absolute atomic E-state index is 4.36. The number of allylic oxidation sites excluding steroid dienone is 2. The first-order valence-electron chi connectivity index (χ1n) is 5.06. The smallest absolute Gasteiger partial charge is 0.0863 e. The normalized spacial score (nSPS) is 14.9. The van der Waals surface area contributed by atoms with E-state index in [0.717, 1.165) is 24.5 Å². The molecule has 0 aromatic carbocycles. The number of rotatable bonds is 3. The molecule has 0 unspecified atom stereocenters. The van der Waals surface area contributed by atoms with E-state index in [4.69, 9.17) is 0 Å². The van der Waals surface area contributed by atoms with Gasteiger partial charge >= 0.3 is 0 Å². The van der Waals surface area contributed by atoms with Gasteiger partial charge in [-0.2, -0.15) is 0 Å². The van der Waals surface area contributed by atoms with E-state index in [2.05, 4.69) is 34.7 Å². The first-order valence-corrected chi connectivity index (χ1v) is 5.06. The van der Waals surface area contributed by atoms with Gasteiger partial charge in [0.1, 0.15) is 0 Å². The van der Waals surface area contributed by atoms with Gasteiger partial charge in [-0.25, -0.2) is 0 Å². The van der Waals surface area contributed by atoms with Gasteiger partial charge in [-0.3, -0.25) is 4.98 Å². The Morgan fingerprint density at radius 1 is 1.47 bits per heavy atom. The van der Waals surface area contributed by atoms with Crippen LogP contribution in [-0.4, -0.2) is 23.0 Å². The van der Waals surface area contributed by atoms with Crippen molar-refractivity contribution in [3.63, 3.8) is 0 Å². The molecule has 1 aliphatic rings. The molecular weight excluding hydrogens is 184 g/mol. The Balaban J connectivity index is 2.29. The van der Waals surface area contributed by atoms with Crippen molar-refractivity contribution in [3.8, 4) is 0 Å². The van der Waals surface area contributed by atoms with Crippen molar-refractivity contribution >= 4 is 5.70 Å². The van der Waals surface area contributed by atoms with Gasteiger partial charge in [-0.1, -0.05) is 24.3 Å². The van der Waals surface area contributed by atoms with Crippen LogP contribution >= 0.6 is 0 Å². The molecule has 76 valence electrons. The fourth-order valence-electron chi connectivity index (χ4n) is 1.64. The zero-order valence-electron chi connectivity index (χ0n) is 8.63. The van der Waals surface area contributed by atoms with Crippen LogP contribution in [0.5, 0.6) is 0 Å². The van der Waals surface area contributed by atoms with Crippen LogP contribution in [0.2, 0.25) is 0 Å². The minimum atomic E-state index is 0.854. The topological polar surface area (TPSA) is 16.1 Å². The SMILES string of the molecule is C=CCN1CC=CC=C1c1ccccn1. The molecule has 0 radical (unpaired) electrons. The van der Waals surface area contributed by atoms with Crippen LogP contribution in [-0.2, 0) is 0 Å². The molecule has 15 heavy (non-hydrogen) atoms. The van der Waals surface area contributed by atoms with E-state index in [1.54, 1.807) is 0 Å². The van der Waals surface area contributed by atoms with Gasteiger partial charge in [0.15, 0.2) is 0 Å². The summed E-state index contributed by atoms with van der Waals surface area (Å²) >= 11 is 0. The van der Waals surface area contributed by atoms with E-state index < -0.39 is 0 Å². The summed E-state index contributed by atoms with van der Waals surface area (Å²) in [6.07, 6.45) is 10.0. The Morgan fingerprint density at radius 3 is 3.13 bits per heavy atom. The highest BCUT2D eigenvalue weighted by molar-refractivity contribution is 5.64. The highest BCUT2D eigenvalue weighted by Crippen LogP contribution is 2.19. The Labute approximate surface area is 90.3 Å². The molecule has 0 spiro atoms. The molecule has 2 heterocycles. The Bertz CT molecular complexity index is 388.